The van der Waals surface area contributed by atoms with Gasteiger partial charge in [-0.05, 0) is 12.6 Å². The molecule has 0 aliphatic carbocycles. The number of rotatable bonds is 3. The van der Waals surface area contributed by atoms with Crippen LogP contribution in [0, 0.1) is 0 Å². The predicted octanol–water partition coefficient (Wildman–Crippen LogP) is 2.34. The van der Waals surface area contributed by atoms with E-state index in [4.69, 9.17) is 0 Å². The van der Waals surface area contributed by atoms with Gasteiger partial charge in [-0.3, -0.25) is 0 Å². The van der Waals surface area contributed by atoms with Crippen LogP contribution in [0.15, 0.2) is 30.3 Å². The molecular formula is C9H12BrN. The molecular weight excluding hydrogens is 202 g/mol. The topological polar surface area (TPSA) is 12.0 Å². The average Bonchev–Trinajstić information content (AvgIpc) is 2.09. The molecule has 0 spiro atoms. The lowest BCUT2D eigenvalue weighted by Gasteiger charge is -2.12. The normalized spacial score (nSPS) is 12.9. The highest BCUT2D eigenvalue weighted by Crippen LogP contribution is 2.13. The first-order chi connectivity index (χ1) is 5.38. The second-order valence-corrected chi connectivity index (χ2v) is 3.05. The Labute approximate surface area is 75.9 Å². The van der Waals surface area contributed by atoms with E-state index < -0.39 is 0 Å². The molecule has 0 fully saturated rings. The third-order valence-corrected chi connectivity index (χ3v) is 2.35. The Hall–Kier alpha value is -0.340. The van der Waals surface area contributed by atoms with Crippen LogP contribution >= 0.6 is 15.9 Å². The maximum atomic E-state index is 3.45. The molecule has 2 heteroatoms. The molecule has 0 aliphatic heterocycles. The summed E-state index contributed by atoms with van der Waals surface area (Å²) in [6.45, 7) is 0. The Kier molecular flexibility index (Phi) is 3.60. The Balaban J connectivity index is 2.74. The molecule has 0 saturated heterocycles. The zero-order valence-corrected chi connectivity index (χ0v) is 8.14. The third kappa shape index (κ3) is 2.31. The van der Waals surface area contributed by atoms with Crippen LogP contribution in [0.25, 0.3) is 0 Å². The molecule has 0 heterocycles. The second kappa shape index (κ2) is 4.52. The molecule has 1 nitrogen and oxygen atoms in total. The molecule has 1 atom stereocenters. The van der Waals surface area contributed by atoms with Gasteiger partial charge in [-0.2, -0.15) is 0 Å². The minimum Gasteiger partial charge on any atom is -0.312 e. The number of benzene rings is 1. The van der Waals surface area contributed by atoms with Crippen molar-refractivity contribution >= 4 is 15.9 Å². The quantitative estimate of drug-likeness (QED) is 0.761. The van der Waals surface area contributed by atoms with Gasteiger partial charge in [0.05, 0.1) is 0 Å². The van der Waals surface area contributed by atoms with Gasteiger partial charge in [0.25, 0.3) is 0 Å². The molecule has 60 valence electrons. The molecule has 0 radical (unpaired) electrons. The highest BCUT2D eigenvalue weighted by Gasteiger charge is 2.04. The summed E-state index contributed by atoms with van der Waals surface area (Å²) in [7, 11) is 1.97. The van der Waals surface area contributed by atoms with Crippen molar-refractivity contribution < 1.29 is 0 Å². The van der Waals surface area contributed by atoms with Crippen LogP contribution in [0.2, 0.25) is 0 Å². The van der Waals surface area contributed by atoms with Gasteiger partial charge in [0.1, 0.15) is 0 Å². The standard InChI is InChI=1S/C9H12BrN/c1-11-9(7-10)8-5-3-2-4-6-8/h2-6,9,11H,7H2,1H3. The maximum absolute atomic E-state index is 3.45. The van der Waals surface area contributed by atoms with Crippen LogP contribution in [0.1, 0.15) is 11.6 Å². The number of hydrogen-bond acceptors (Lipinski definition) is 1. The van der Waals surface area contributed by atoms with E-state index in [2.05, 4.69) is 45.5 Å². The Morgan fingerprint density at radius 3 is 2.45 bits per heavy atom. The monoisotopic (exact) mass is 213 g/mol. The number of halogens is 1. The molecule has 1 unspecified atom stereocenters. The van der Waals surface area contributed by atoms with E-state index in [1.807, 2.05) is 13.1 Å². The molecule has 0 amide bonds. The number of hydrogen-bond donors (Lipinski definition) is 1. The SMILES string of the molecule is CNC(CBr)c1ccccc1. The lowest BCUT2D eigenvalue weighted by atomic mass is 10.1. The first kappa shape index (κ1) is 8.75. The van der Waals surface area contributed by atoms with Gasteiger partial charge in [0, 0.05) is 11.4 Å². The van der Waals surface area contributed by atoms with Crippen molar-refractivity contribution in [1.29, 1.82) is 0 Å². The predicted molar refractivity (Wildman–Crippen MR) is 52.0 cm³/mol. The fraction of sp³-hybridized carbons (Fsp3) is 0.333. The van der Waals surface area contributed by atoms with Crippen molar-refractivity contribution in [2.24, 2.45) is 0 Å². The van der Waals surface area contributed by atoms with Crippen molar-refractivity contribution in [2.45, 2.75) is 6.04 Å². The lowest BCUT2D eigenvalue weighted by molar-refractivity contribution is 0.666. The molecule has 1 rings (SSSR count). The van der Waals surface area contributed by atoms with E-state index in [0.29, 0.717) is 6.04 Å². The van der Waals surface area contributed by atoms with Crippen molar-refractivity contribution in [1.82, 2.24) is 5.32 Å². The van der Waals surface area contributed by atoms with E-state index in [0.717, 1.165) is 5.33 Å². The molecule has 1 aromatic carbocycles. The van der Waals surface area contributed by atoms with E-state index in [9.17, 15) is 0 Å². The van der Waals surface area contributed by atoms with E-state index in [-0.39, 0.29) is 0 Å². The zero-order chi connectivity index (χ0) is 8.10. The summed E-state index contributed by atoms with van der Waals surface area (Å²) in [5, 5.41) is 4.17. The van der Waals surface area contributed by atoms with Crippen LogP contribution in [0.5, 0.6) is 0 Å². The lowest BCUT2D eigenvalue weighted by Crippen LogP contribution is -2.17. The molecule has 1 aromatic rings. The van der Waals surface area contributed by atoms with Crippen molar-refractivity contribution in [2.75, 3.05) is 12.4 Å². The number of nitrogens with one attached hydrogen (secondary N) is 1. The van der Waals surface area contributed by atoms with Crippen LogP contribution in [0.4, 0.5) is 0 Å². The van der Waals surface area contributed by atoms with Gasteiger partial charge in [-0.15, -0.1) is 0 Å². The van der Waals surface area contributed by atoms with E-state index in [1.54, 1.807) is 0 Å². The fourth-order valence-electron chi connectivity index (χ4n) is 1.02. The third-order valence-electron chi connectivity index (χ3n) is 1.70. The average molecular weight is 214 g/mol. The van der Waals surface area contributed by atoms with Gasteiger partial charge >= 0.3 is 0 Å². The van der Waals surface area contributed by atoms with Gasteiger partial charge in [0.2, 0.25) is 0 Å². The summed E-state index contributed by atoms with van der Waals surface area (Å²) in [6, 6.07) is 10.8. The molecule has 0 aliphatic rings. The first-order valence-electron chi connectivity index (χ1n) is 3.66. The molecule has 1 N–H and O–H groups in total. The summed E-state index contributed by atoms with van der Waals surface area (Å²) in [5.41, 5.74) is 1.33. The molecule has 0 aromatic heterocycles. The van der Waals surface area contributed by atoms with Crippen LogP contribution < -0.4 is 5.32 Å². The van der Waals surface area contributed by atoms with Crippen molar-refractivity contribution in [3.8, 4) is 0 Å². The van der Waals surface area contributed by atoms with Crippen molar-refractivity contribution in [3.63, 3.8) is 0 Å². The second-order valence-electron chi connectivity index (χ2n) is 2.41. The van der Waals surface area contributed by atoms with Gasteiger partial charge in [-0.1, -0.05) is 46.3 Å². The summed E-state index contributed by atoms with van der Waals surface area (Å²) in [5.74, 6) is 0. The summed E-state index contributed by atoms with van der Waals surface area (Å²) < 4.78 is 0. The fourth-order valence-corrected chi connectivity index (χ4v) is 1.72. The summed E-state index contributed by atoms with van der Waals surface area (Å²) >= 11 is 3.45. The first-order valence-corrected chi connectivity index (χ1v) is 4.79. The van der Waals surface area contributed by atoms with Gasteiger partial charge in [0.15, 0.2) is 0 Å². The number of alkyl halides is 1. The molecule has 0 bridgehead atoms. The van der Waals surface area contributed by atoms with Gasteiger partial charge < -0.3 is 5.32 Å². The largest absolute Gasteiger partial charge is 0.312 e. The van der Waals surface area contributed by atoms with Gasteiger partial charge in [-0.25, -0.2) is 0 Å². The van der Waals surface area contributed by atoms with Crippen LogP contribution in [0.3, 0.4) is 0 Å². The van der Waals surface area contributed by atoms with Crippen molar-refractivity contribution in [3.05, 3.63) is 35.9 Å². The minimum absolute atomic E-state index is 0.427. The Bertz CT molecular complexity index is 194. The van der Waals surface area contributed by atoms with E-state index >= 15 is 0 Å². The zero-order valence-electron chi connectivity index (χ0n) is 6.55. The smallest absolute Gasteiger partial charge is 0.0415 e. The molecule has 11 heavy (non-hydrogen) atoms. The molecule has 0 saturated carbocycles. The Morgan fingerprint density at radius 2 is 2.00 bits per heavy atom. The summed E-state index contributed by atoms with van der Waals surface area (Å²) in [4.78, 5) is 0. The van der Waals surface area contributed by atoms with Crippen LogP contribution in [-0.2, 0) is 0 Å². The van der Waals surface area contributed by atoms with Crippen LogP contribution in [-0.4, -0.2) is 12.4 Å². The highest BCUT2D eigenvalue weighted by atomic mass is 79.9. The maximum Gasteiger partial charge on any atom is 0.0415 e. The highest BCUT2D eigenvalue weighted by molar-refractivity contribution is 9.09. The van der Waals surface area contributed by atoms with E-state index in [1.165, 1.54) is 5.56 Å². The minimum atomic E-state index is 0.427. The Morgan fingerprint density at radius 1 is 1.36 bits per heavy atom. The summed E-state index contributed by atoms with van der Waals surface area (Å²) in [6.07, 6.45) is 0.